The summed E-state index contributed by atoms with van der Waals surface area (Å²) in [7, 11) is -4.26. The molecule has 0 saturated carbocycles. The van der Waals surface area contributed by atoms with Crippen LogP contribution >= 0.6 is 11.6 Å². The van der Waals surface area contributed by atoms with Gasteiger partial charge in [-0.05, 0) is 30.3 Å². The fourth-order valence-corrected chi connectivity index (χ4v) is 3.38. The zero-order chi connectivity index (χ0) is 18.4. The molecule has 0 aliphatic rings. The Balaban J connectivity index is 2.01. The van der Waals surface area contributed by atoms with Gasteiger partial charge in [0.2, 0.25) is 0 Å². The van der Waals surface area contributed by atoms with Gasteiger partial charge in [0, 0.05) is 6.07 Å². The second-order valence-electron chi connectivity index (χ2n) is 4.97. The molecule has 0 aliphatic carbocycles. The predicted octanol–water partition coefficient (Wildman–Crippen LogP) is 3.59. The first-order chi connectivity index (χ1) is 11.6. The third-order valence-electron chi connectivity index (χ3n) is 3.24. The molecule has 0 amide bonds. The van der Waals surface area contributed by atoms with Crippen molar-refractivity contribution in [1.82, 2.24) is 4.98 Å². The minimum atomic E-state index is -4.65. The number of fused-ring (bicyclic) bond motifs is 1. The predicted molar refractivity (Wildman–Crippen MR) is 84.1 cm³/mol. The fourth-order valence-electron chi connectivity index (χ4n) is 2.08. The molecule has 2 aromatic carbocycles. The number of hydrogen-bond donors (Lipinski definition) is 2. The van der Waals surface area contributed by atoms with Gasteiger partial charge in [-0.1, -0.05) is 11.6 Å². The van der Waals surface area contributed by atoms with Crippen molar-refractivity contribution in [2.75, 3.05) is 4.72 Å². The maximum absolute atomic E-state index is 12.8. The van der Waals surface area contributed by atoms with Crippen molar-refractivity contribution < 1.29 is 26.0 Å². The highest BCUT2D eigenvalue weighted by Gasteiger charge is 2.31. The van der Waals surface area contributed by atoms with Gasteiger partial charge in [-0.2, -0.15) is 13.2 Å². The zero-order valence-electron chi connectivity index (χ0n) is 12.0. The van der Waals surface area contributed by atoms with E-state index in [1.54, 1.807) is 0 Å². The summed E-state index contributed by atoms with van der Waals surface area (Å²) in [4.78, 5) is 13.1. The number of rotatable bonds is 3. The Labute approximate surface area is 143 Å². The van der Waals surface area contributed by atoms with Crippen LogP contribution in [-0.4, -0.2) is 13.4 Å². The van der Waals surface area contributed by atoms with Gasteiger partial charge in [0.25, 0.3) is 10.0 Å². The van der Waals surface area contributed by atoms with E-state index in [0.29, 0.717) is 6.07 Å². The lowest BCUT2D eigenvalue weighted by molar-refractivity contribution is -0.137. The number of halogens is 4. The first-order valence-electron chi connectivity index (χ1n) is 6.59. The number of anilines is 1. The molecule has 6 nitrogen and oxygen atoms in total. The Kier molecular flexibility index (Phi) is 4.04. The summed E-state index contributed by atoms with van der Waals surface area (Å²) < 4.78 is 69.8. The van der Waals surface area contributed by atoms with Crippen LogP contribution in [-0.2, 0) is 16.2 Å². The topological polar surface area (TPSA) is 92.2 Å². The third-order valence-corrected chi connectivity index (χ3v) is 4.93. The minimum absolute atomic E-state index is 0.0111. The monoisotopic (exact) mass is 392 g/mol. The van der Waals surface area contributed by atoms with Crippen LogP contribution in [0.25, 0.3) is 11.1 Å². The number of nitrogens with one attached hydrogen (secondary N) is 2. The second kappa shape index (κ2) is 5.81. The summed E-state index contributed by atoms with van der Waals surface area (Å²) in [5.41, 5.74) is -1.21. The smallest absolute Gasteiger partial charge is 0.408 e. The maximum Gasteiger partial charge on any atom is 0.417 e. The molecule has 2 N–H and O–H groups in total. The van der Waals surface area contributed by atoms with E-state index < -0.39 is 33.2 Å². The van der Waals surface area contributed by atoms with Crippen molar-refractivity contribution in [1.29, 1.82) is 0 Å². The summed E-state index contributed by atoms with van der Waals surface area (Å²) in [6.45, 7) is 0. The van der Waals surface area contributed by atoms with Gasteiger partial charge in [0.1, 0.15) is 0 Å². The van der Waals surface area contributed by atoms with Gasteiger partial charge in [-0.25, -0.2) is 13.2 Å². The Morgan fingerprint density at radius 2 is 1.84 bits per heavy atom. The third kappa shape index (κ3) is 3.49. The number of H-pyrrole nitrogens is 1. The van der Waals surface area contributed by atoms with Crippen LogP contribution < -0.4 is 10.5 Å². The van der Waals surface area contributed by atoms with Crippen LogP contribution in [0.1, 0.15) is 5.56 Å². The molecule has 1 heterocycles. The van der Waals surface area contributed by atoms with Gasteiger partial charge in [0.15, 0.2) is 5.58 Å². The first kappa shape index (κ1) is 17.4. The SMILES string of the molecule is O=c1[nH]c2ccc(S(=O)(=O)Nc3cc(C(F)(F)F)ccc3Cl)cc2o1. The Morgan fingerprint density at radius 3 is 2.52 bits per heavy atom. The van der Waals surface area contributed by atoms with E-state index in [9.17, 15) is 26.4 Å². The molecule has 11 heteroatoms. The van der Waals surface area contributed by atoms with E-state index >= 15 is 0 Å². The van der Waals surface area contributed by atoms with E-state index in [1.165, 1.54) is 6.07 Å². The molecule has 0 fully saturated rings. The van der Waals surface area contributed by atoms with E-state index in [4.69, 9.17) is 16.0 Å². The quantitative estimate of drug-likeness (QED) is 0.712. The van der Waals surface area contributed by atoms with E-state index in [-0.39, 0.29) is 21.0 Å². The highest BCUT2D eigenvalue weighted by molar-refractivity contribution is 7.92. The first-order valence-corrected chi connectivity index (χ1v) is 8.45. The Hall–Kier alpha value is -2.46. The number of oxazole rings is 1. The van der Waals surface area contributed by atoms with E-state index in [2.05, 4.69) is 4.98 Å². The van der Waals surface area contributed by atoms with E-state index in [0.717, 1.165) is 24.3 Å². The van der Waals surface area contributed by atoms with Crippen LogP contribution in [0.15, 0.2) is 50.5 Å². The molecule has 25 heavy (non-hydrogen) atoms. The number of alkyl halides is 3. The Morgan fingerprint density at radius 1 is 1.12 bits per heavy atom. The molecular weight excluding hydrogens is 385 g/mol. The summed E-state index contributed by atoms with van der Waals surface area (Å²) in [5.74, 6) is -0.765. The average Bonchev–Trinajstić information content (AvgIpc) is 2.87. The minimum Gasteiger partial charge on any atom is -0.408 e. The number of aromatic nitrogens is 1. The molecule has 0 spiro atoms. The van der Waals surface area contributed by atoms with Crippen molar-refractivity contribution in [2.24, 2.45) is 0 Å². The lowest BCUT2D eigenvalue weighted by atomic mass is 10.2. The molecule has 0 saturated heterocycles. The number of hydrogen-bond acceptors (Lipinski definition) is 4. The molecule has 3 aromatic rings. The summed E-state index contributed by atoms with van der Waals surface area (Å²) >= 11 is 5.78. The molecule has 0 radical (unpaired) electrons. The average molecular weight is 393 g/mol. The van der Waals surface area contributed by atoms with Crippen molar-refractivity contribution in [3.05, 3.63) is 57.5 Å². The second-order valence-corrected chi connectivity index (χ2v) is 7.06. The van der Waals surface area contributed by atoms with Crippen molar-refractivity contribution in [2.45, 2.75) is 11.1 Å². The van der Waals surface area contributed by atoms with Crippen molar-refractivity contribution in [3.63, 3.8) is 0 Å². The van der Waals surface area contributed by atoms with Gasteiger partial charge in [0.05, 0.1) is 26.7 Å². The zero-order valence-corrected chi connectivity index (χ0v) is 13.6. The standard InChI is InChI=1S/C14H8ClF3N2O4S/c15-9-3-1-7(14(16,17)18)5-11(9)20-25(22,23)8-2-4-10-12(6-8)24-13(21)19-10/h1-6,20H,(H,19,21). The Bertz CT molecular complexity index is 1120. The maximum atomic E-state index is 12.8. The van der Waals surface area contributed by atoms with Gasteiger partial charge in [-0.15, -0.1) is 0 Å². The van der Waals surface area contributed by atoms with Crippen molar-refractivity contribution >= 4 is 38.4 Å². The van der Waals surface area contributed by atoms with Gasteiger partial charge >= 0.3 is 11.9 Å². The molecule has 132 valence electrons. The highest BCUT2D eigenvalue weighted by Crippen LogP contribution is 2.34. The van der Waals surface area contributed by atoms with Crippen LogP contribution in [0.4, 0.5) is 18.9 Å². The normalized spacial score (nSPS) is 12.5. The van der Waals surface area contributed by atoms with Crippen LogP contribution in [0.5, 0.6) is 0 Å². The number of aromatic amines is 1. The molecular formula is C14H8ClF3N2O4S. The van der Waals surface area contributed by atoms with Crippen LogP contribution in [0.2, 0.25) is 5.02 Å². The molecule has 0 atom stereocenters. The van der Waals surface area contributed by atoms with Crippen LogP contribution in [0, 0.1) is 0 Å². The van der Waals surface area contributed by atoms with Crippen LogP contribution in [0.3, 0.4) is 0 Å². The summed E-state index contributed by atoms with van der Waals surface area (Å²) in [6.07, 6.45) is -4.65. The largest absolute Gasteiger partial charge is 0.417 e. The molecule has 1 aromatic heterocycles. The van der Waals surface area contributed by atoms with E-state index in [1.807, 2.05) is 4.72 Å². The lowest BCUT2D eigenvalue weighted by Gasteiger charge is -2.13. The molecule has 0 aliphatic heterocycles. The van der Waals surface area contributed by atoms with Crippen molar-refractivity contribution in [3.8, 4) is 0 Å². The van der Waals surface area contributed by atoms with Gasteiger partial charge in [-0.3, -0.25) is 9.71 Å². The molecule has 3 rings (SSSR count). The molecule has 0 bridgehead atoms. The number of sulfonamides is 1. The van der Waals surface area contributed by atoms with Gasteiger partial charge < -0.3 is 4.42 Å². The highest BCUT2D eigenvalue weighted by atomic mass is 35.5. The lowest BCUT2D eigenvalue weighted by Crippen LogP contribution is -2.14. The number of benzene rings is 2. The summed E-state index contributed by atoms with van der Waals surface area (Å²) in [6, 6.07) is 5.80. The molecule has 0 unspecified atom stereocenters. The summed E-state index contributed by atoms with van der Waals surface area (Å²) in [5, 5.41) is -0.203. The fraction of sp³-hybridized carbons (Fsp3) is 0.0714.